The number of Topliss-reactive ketones (excluding diaryl/α,β-unsaturated/α-hetero) is 1. The van der Waals surface area contributed by atoms with Crippen molar-refractivity contribution in [2.45, 2.75) is 32.7 Å². The number of rotatable bonds is 6. The van der Waals surface area contributed by atoms with Crippen molar-refractivity contribution < 1.29 is 28.9 Å². The lowest BCUT2D eigenvalue weighted by Gasteiger charge is -2.26. The Balaban J connectivity index is 1.93. The summed E-state index contributed by atoms with van der Waals surface area (Å²) in [7, 11) is 0. The number of amides is 1. The van der Waals surface area contributed by atoms with Crippen LogP contribution < -0.4 is 9.64 Å². The number of aromatic hydroxyl groups is 1. The molecular weight excluding hydrogens is 449 g/mol. The summed E-state index contributed by atoms with van der Waals surface area (Å²) >= 11 is 0. The first-order valence-corrected chi connectivity index (χ1v) is 11.4. The van der Waals surface area contributed by atoms with E-state index >= 15 is 0 Å². The number of benzene rings is 3. The molecule has 0 radical (unpaired) electrons. The zero-order valence-electron chi connectivity index (χ0n) is 19.7. The molecule has 35 heavy (non-hydrogen) atoms. The third-order valence-corrected chi connectivity index (χ3v) is 6.00. The molecular formula is C28H26FNO5. The fourth-order valence-corrected chi connectivity index (χ4v) is 4.17. The second-order valence-corrected chi connectivity index (χ2v) is 8.58. The molecule has 1 aliphatic heterocycles. The van der Waals surface area contributed by atoms with Gasteiger partial charge >= 0.3 is 0 Å². The van der Waals surface area contributed by atoms with E-state index in [1.165, 1.54) is 35.2 Å². The van der Waals surface area contributed by atoms with Gasteiger partial charge in [-0.2, -0.15) is 0 Å². The summed E-state index contributed by atoms with van der Waals surface area (Å²) in [6, 6.07) is 15.8. The molecule has 1 heterocycles. The lowest BCUT2D eigenvalue weighted by Crippen LogP contribution is -2.29. The molecule has 2 N–H and O–H groups in total. The summed E-state index contributed by atoms with van der Waals surface area (Å²) in [5, 5.41) is 21.3. The molecule has 0 bridgehead atoms. The molecule has 4 rings (SSSR count). The van der Waals surface area contributed by atoms with Crippen molar-refractivity contribution >= 4 is 23.1 Å². The second-order valence-electron chi connectivity index (χ2n) is 8.58. The van der Waals surface area contributed by atoms with E-state index in [-0.39, 0.29) is 28.6 Å². The molecule has 3 aromatic carbocycles. The first kappa shape index (κ1) is 24.0. The van der Waals surface area contributed by atoms with Gasteiger partial charge in [-0.15, -0.1) is 0 Å². The predicted molar refractivity (Wildman–Crippen MR) is 131 cm³/mol. The van der Waals surface area contributed by atoms with Crippen LogP contribution in [0.2, 0.25) is 0 Å². The molecule has 1 fully saturated rings. The van der Waals surface area contributed by atoms with Crippen LogP contribution in [-0.2, 0) is 9.59 Å². The van der Waals surface area contributed by atoms with Gasteiger partial charge < -0.3 is 14.9 Å². The Morgan fingerprint density at radius 2 is 1.69 bits per heavy atom. The van der Waals surface area contributed by atoms with E-state index in [1.807, 2.05) is 12.1 Å². The Bertz CT molecular complexity index is 1300. The third kappa shape index (κ3) is 4.49. The zero-order chi connectivity index (χ0) is 25.3. The van der Waals surface area contributed by atoms with E-state index in [0.29, 0.717) is 17.9 Å². The fraction of sp³-hybridized carbons (Fsp3) is 0.214. The number of halogens is 1. The van der Waals surface area contributed by atoms with Crippen molar-refractivity contribution in [3.05, 3.63) is 94.8 Å². The number of ketones is 1. The summed E-state index contributed by atoms with van der Waals surface area (Å²) < 4.78 is 19.0. The van der Waals surface area contributed by atoms with Crippen molar-refractivity contribution in [2.75, 3.05) is 11.5 Å². The molecule has 0 aromatic heterocycles. The van der Waals surface area contributed by atoms with Gasteiger partial charge in [0.2, 0.25) is 0 Å². The number of phenols is 1. The summed E-state index contributed by atoms with van der Waals surface area (Å²) in [5.41, 5.74) is 2.07. The van der Waals surface area contributed by atoms with Crippen LogP contribution in [0.3, 0.4) is 0 Å². The highest BCUT2D eigenvalue weighted by atomic mass is 19.1. The maximum atomic E-state index is 13.5. The van der Waals surface area contributed by atoms with Crippen LogP contribution in [0, 0.1) is 5.82 Å². The molecule has 0 spiro atoms. The summed E-state index contributed by atoms with van der Waals surface area (Å²) in [6.07, 6.45) is 0. The lowest BCUT2D eigenvalue weighted by atomic mass is 9.94. The first-order valence-electron chi connectivity index (χ1n) is 11.4. The number of aliphatic hydroxyl groups is 1. The largest absolute Gasteiger partial charge is 0.507 e. The lowest BCUT2D eigenvalue weighted by molar-refractivity contribution is -0.132. The van der Waals surface area contributed by atoms with Crippen LogP contribution in [0.1, 0.15) is 49.4 Å². The van der Waals surface area contributed by atoms with E-state index in [2.05, 4.69) is 13.8 Å². The molecule has 1 atom stereocenters. The van der Waals surface area contributed by atoms with Gasteiger partial charge in [0.15, 0.2) is 11.5 Å². The molecule has 1 saturated heterocycles. The Morgan fingerprint density at radius 3 is 2.29 bits per heavy atom. The van der Waals surface area contributed by atoms with Gasteiger partial charge in [-0.25, -0.2) is 4.39 Å². The minimum absolute atomic E-state index is 0.0904. The average molecular weight is 476 g/mol. The van der Waals surface area contributed by atoms with Crippen molar-refractivity contribution in [3.8, 4) is 11.5 Å². The molecule has 180 valence electrons. The number of anilines is 1. The standard InChI is InChI=1S/C28H26FNO5/c1-4-35-23-15-19(9-14-22(23)31)25-24(26(32)18-5-10-20(29)11-6-18)27(33)28(34)30(25)21-12-7-17(8-13-21)16(2)3/h5-16,25,31-32H,4H2,1-3H3/b26-24-. The fourth-order valence-electron chi connectivity index (χ4n) is 4.17. The van der Waals surface area contributed by atoms with E-state index in [1.54, 1.807) is 31.2 Å². The van der Waals surface area contributed by atoms with Gasteiger partial charge in [-0.3, -0.25) is 14.5 Å². The molecule has 1 amide bonds. The van der Waals surface area contributed by atoms with Crippen LogP contribution in [0.25, 0.3) is 5.76 Å². The topological polar surface area (TPSA) is 87.1 Å². The maximum Gasteiger partial charge on any atom is 0.300 e. The number of carbonyl (C=O) groups excluding carboxylic acids is 2. The van der Waals surface area contributed by atoms with Gasteiger partial charge in [-0.1, -0.05) is 32.0 Å². The van der Waals surface area contributed by atoms with Crippen LogP contribution in [-0.4, -0.2) is 28.5 Å². The third-order valence-electron chi connectivity index (χ3n) is 6.00. The number of aliphatic hydroxyl groups excluding tert-OH is 1. The minimum Gasteiger partial charge on any atom is -0.507 e. The van der Waals surface area contributed by atoms with Crippen molar-refractivity contribution in [3.63, 3.8) is 0 Å². The van der Waals surface area contributed by atoms with Crippen molar-refractivity contribution in [2.24, 2.45) is 0 Å². The molecule has 1 aliphatic rings. The Morgan fingerprint density at radius 1 is 1.03 bits per heavy atom. The summed E-state index contributed by atoms with van der Waals surface area (Å²) in [6.45, 7) is 6.16. The maximum absolute atomic E-state index is 13.5. The predicted octanol–water partition coefficient (Wildman–Crippen LogP) is 5.68. The van der Waals surface area contributed by atoms with Crippen molar-refractivity contribution in [1.29, 1.82) is 0 Å². The molecule has 3 aromatic rings. The molecule has 0 aliphatic carbocycles. The highest BCUT2D eigenvalue weighted by Crippen LogP contribution is 2.44. The van der Waals surface area contributed by atoms with Crippen LogP contribution in [0.4, 0.5) is 10.1 Å². The van der Waals surface area contributed by atoms with Crippen LogP contribution >= 0.6 is 0 Å². The Labute approximate surface area is 202 Å². The number of carbonyl (C=O) groups is 2. The quantitative estimate of drug-likeness (QED) is 0.272. The number of nitrogens with zero attached hydrogens (tertiary/aromatic N) is 1. The minimum atomic E-state index is -0.996. The Hall–Kier alpha value is -4.13. The number of ether oxygens (including phenoxy) is 1. The highest BCUT2D eigenvalue weighted by Gasteiger charge is 2.47. The number of hydrogen-bond donors (Lipinski definition) is 2. The molecule has 0 saturated carbocycles. The summed E-state index contributed by atoms with van der Waals surface area (Å²) in [4.78, 5) is 27.8. The number of hydrogen-bond acceptors (Lipinski definition) is 5. The monoisotopic (exact) mass is 475 g/mol. The van der Waals surface area contributed by atoms with Gasteiger partial charge in [0, 0.05) is 11.3 Å². The Kier molecular flexibility index (Phi) is 6.60. The highest BCUT2D eigenvalue weighted by molar-refractivity contribution is 6.51. The average Bonchev–Trinajstić information content (AvgIpc) is 3.11. The summed E-state index contributed by atoms with van der Waals surface area (Å²) in [5.74, 6) is -2.21. The second kappa shape index (κ2) is 9.62. The van der Waals surface area contributed by atoms with Crippen LogP contribution in [0.5, 0.6) is 11.5 Å². The SMILES string of the molecule is CCOc1cc(C2/C(=C(/O)c3ccc(F)cc3)C(=O)C(=O)N2c2ccc(C(C)C)cc2)ccc1O. The number of phenolic OH excluding ortho intramolecular Hbond substituents is 1. The van der Waals surface area contributed by atoms with Gasteiger partial charge in [0.1, 0.15) is 11.6 Å². The smallest absolute Gasteiger partial charge is 0.300 e. The first-order chi connectivity index (χ1) is 16.7. The zero-order valence-corrected chi connectivity index (χ0v) is 19.7. The van der Waals surface area contributed by atoms with E-state index in [4.69, 9.17) is 4.74 Å². The molecule has 1 unspecified atom stereocenters. The van der Waals surface area contributed by atoms with Gasteiger partial charge in [0.05, 0.1) is 18.2 Å². The molecule has 6 nitrogen and oxygen atoms in total. The van der Waals surface area contributed by atoms with Gasteiger partial charge in [0.25, 0.3) is 11.7 Å². The van der Waals surface area contributed by atoms with E-state index < -0.39 is 29.3 Å². The normalized spacial score (nSPS) is 17.3. The van der Waals surface area contributed by atoms with Crippen LogP contribution in [0.15, 0.2) is 72.3 Å². The van der Waals surface area contributed by atoms with Gasteiger partial charge in [-0.05, 0) is 72.5 Å². The van der Waals surface area contributed by atoms with Crippen molar-refractivity contribution in [1.82, 2.24) is 0 Å². The van der Waals surface area contributed by atoms with E-state index in [0.717, 1.165) is 5.56 Å². The molecule has 7 heteroatoms. The van der Waals surface area contributed by atoms with E-state index in [9.17, 15) is 24.2 Å².